The van der Waals surface area contributed by atoms with Crippen LogP contribution in [0.1, 0.15) is 18.6 Å². The molecule has 1 N–H and O–H groups in total. The molecule has 14 heavy (non-hydrogen) atoms. The third-order valence-corrected chi connectivity index (χ3v) is 2.72. The minimum Gasteiger partial charge on any atom is -0.382 e. The predicted molar refractivity (Wildman–Crippen MR) is 53.8 cm³/mol. The van der Waals surface area contributed by atoms with E-state index < -0.39 is 0 Å². The summed E-state index contributed by atoms with van der Waals surface area (Å²) in [6.07, 6.45) is 0.00181. The molecule has 0 saturated carbocycles. The number of benzene rings is 1. The van der Waals surface area contributed by atoms with Gasteiger partial charge >= 0.3 is 0 Å². The van der Waals surface area contributed by atoms with Crippen molar-refractivity contribution in [1.82, 2.24) is 0 Å². The van der Waals surface area contributed by atoms with E-state index in [1.54, 1.807) is 13.2 Å². The highest BCUT2D eigenvalue weighted by atomic mass is 19.1. The van der Waals surface area contributed by atoms with Crippen molar-refractivity contribution in [2.24, 2.45) is 5.92 Å². The maximum absolute atomic E-state index is 13.4. The molecule has 1 aromatic carbocycles. The van der Waals surface area contributed by atoms with E-state index in [0.29, 0.717) is 11.6 Å². The zero-order valence-electron chi connectivity index (χ0n) is 8.38. The summed E-state index contributed by atoms with van der Waals surface area (Å²) in [6.45, 7) is 2.85. The molecule has 1 aliphatic rings. The number of hydrogen-bond acceptors (Lipinski definition) is 2. The lowest BCUT2D eigenvalue weighted by Gasteiger charge is -2.31. The Balaban J connectivity index is 2.46. The molecule has 0 radical (unpaired) electrons. The third-order valence-electron chi connectivity index (χ3n) is 2.72. The van der Waals surface area contributed by atoms with Crippen molar-refractivity contribution in [3.05, 3.63) is 29.6 Å². The van der Waals surface area contributed by atoms with Crippen LogP contribution < -0.4 is 5.32 Å². The maximum Gasteiger partial charge on any atom is 0.146 e. The van der Waals surface area contributed by atoms with Crippen LogP contribution in [0.5, 0.6) is 0 Å². The second-order valence-electron chi connectivity index (χ2n) is 3.72. The Kier molecular flexibility index (Phi) is 2.42. The number of fused-ring (bicyclic) bond motifs is 1. The van der Waals surface area contributed by atoms with Crippen molar-refractivity contribution < 1.29 is 9.13 Å². The molecule has 2 nitrogen and oxygen atoms in total. The predicted octanol–water partition coefficient (Wildman–Crippen LogP) is 2.57. The first kappa shape index (κ1) is 9.46. The normalized spacial score (nSPS) is 25.4. The van der Waals surface area contributed by atoms with Crippen molar-refractivity contribution in [3.63, 3.8) is 0 Å². The van der Waals surface area contributed by atoms with Gasteiger partial charge in [-0.3, -0.25) is 0 Å². The van der Waals surface area contributed by atoms with Crippen molar-refractivity contribution >= 4 is 5.69 Å². The van der Waals surface area contributed by atoms with Gasteiger partial charge in [0.25, 0.3) is 0 Å². The van der Waals surface area contributed by atoms with Crippen LogP contribution in [0, 0.1) is 11.7 Å². The van der Waals surface area contributed by atoms with E-state index in [9.17, 15) is 4.39 Å². The number of rotatable bonds is 1. The molecule has 3 heteroatoms. The van der Waals surface area contributed by atoms with Gasteiger partial charge in [-0.2, -0.15) is 0 Å². The van der Waals surface area contributed by atoms with Gasteiger partial charge in [-0.25, -0.2) is 4.39 Å². The van der Waals surface area contributed by atoms with E-state index in [0.717, 1.165) is 12.1 Å². The van der Waals surface area contributed by atoms with Crippen LogP contribution in [0.4, 0.5) is 10.1 Å². The van der Waals surface area contributed by atoms with Crippen LogP contribution in [0.2, 0.25) is 0 Å². The Morgan fingerprint density at radius 3 is 3.00 bits per heavy atom. The second-order valence-corrected chi connectivity index (χ2v) is 3.72. The lowest BCUT2D eigenvalue weighted by molar-refractivity contribution is 0.0593. The van der Waals surface area contributed by atoms with E-state index in [4.69, 9.17) is 4.74 Å². The summed E-state index contributed by atoms with van der Waals surface area (Å²) in [5.74, 6) is 0.172. The quantitative estimate of drug-likeness (QED) is 0.743. The average Bonchev–Trinajstić information content (AvgIpc) is 2.18. The Morgan fingerprint density at radius 2 is 2.29 bits per heavy atom. The fourth-order valence-electron chi connectivity index (χ4n) is 2.00. The van der Waals surface area contributed by atoms with Crippen LogP contribution >= 0.6 is 0 Å². The lowest BCUT2D eigenvalue weighted by atomic mass is 9.92. The molecule has 0 spiro atoms. The molecular weight excluding hydrogens is 181 g/mol. The van der Waals surface area contributed by atoms with E-state index >= 15 is 0 Å². The van der Waals surface area contributed by atoms with Crippen LogP contribution in [0.25, 0.3) is 0 Å². The van der Waals surface area contributed by atoms with Crippen LogP contribution in [-0.4, -0.2) is 13.7 Å². The number of methoxy groups -OCH3 is 1. The van der Waals surface area contributed by atoms with Crippen molar-refractivity contribution in [1.29, 1.82) is 0 Å². The average molecular weight is 195 g/mol. The maximum atomic E-state index is 13.4. The molecule has 0 fully saturated rings. The molecule has 0 saturated heterocycles. The molecule has 2 unspecified atom stereocenters. The summed E-state index contributed by atoms with van der Waals surface area (Å²) in [4.78, 5) is 0. The molecule has 1 aliphatic heterocycles. The first-order valence-corrected chi connectivity index (χ1v) is 4.79. The van der Waals surface area contributed by atoms with E-state index in [-0.39, 0.29) is 11.9 Å². The number of anilines is 1. The highest BCUT2D eigenvalue weighted by molar-refractivity contribution is 5.55. The van der Waals surface area contributed by atoms with Crippen molar-refractivity contribution in [2.75, 3.05) is 19.0 Å². The Morgan fingerprint density at radius 1 is 1.50 bits per heavy atom. The molecule has 2 rings (SSSR count). The smallest absolute Gasteiger partial charge is 0.146 e. The molecule has 0 aromatic heterocycles. The fourth-order valence-corrected chi connectivity index (χ4v) is 2.00. The molecule has 1 heterocycles. The van der Waals surface area contributed by atoms with Crippen LogP contribution in [0.15, 0.2) is 18.2 Å². The zero-order chi connectivity index (χ0) is 10.1. The molecular formula is C11H14FNO. The number of para-hydroxylation sites is 1. The number of hydrogen-bond donors (Lipinski definition) is 1. The Hall–Kier alpha value is -1.09. The molecule has 0 amide bonds. The summed E-state index contributed by atoms with van der Waals surface area (Å²) in [5.41, 5.74) is 1.52. The number of ether oxygens (including phenoxy) is 1. The van der Waals surface area contributed by atoms with Gasteiger partial charge in [0.2, 0.25) is 0 Å². The molecule has 0 aliphatic carbocycles. The monoisotopic (exact) mass is 195 g/mol. The first-order valence-electron chi connectivity index (χ1n) is 4.79. The summed E-state index contributed by atoms with van der Waals surface area (Å²) in [5, 5.41) is 3.09. The summed E-state index contributed by atoms with van der Waals surface area (Å²) >= 11 is 0. The SMILES string of the molecule is COC1c2cccc(F)c2NCC1C. The summed E-state index contributed by atoms with van der Waals surface area (Å²) < 4.78 is 18.8. The summed E-state index contributed by atoms with van der Waals surface area (Å²) in [7, 11) is 1.67. The minimum absolute atomic E-state index is 0.00181. The third kappa shape index (κ3) is 1.38. The molecule has 1 aromatic rings. The standard InChI is InChI=1S/C11H14FNO/c1-7-6-13-10-8(11(7)14-2)4-3-5-9(10)12/h3-5,7,11,13H,6H2,1-2H3. The Labute approximate surface area is 83.1 Å². The highest BCUT2D eigenvalue weighted by Gasteiger charge is 2.27. The first-order chi connectivity index (χ1) is 6.74. The van der Waals surface area contributed by atoms with Gasteiger partial charge in [0, 0.05) is 25.1 Å². The van der Waals surface area contributed by atoms with Gasteiger partial charge in [0.05, 0.1) is 11.8 Å². The van der Waals surface area contributed by atoms with Crippen molar-refractivity contribution in [2.45, 2.75) is 13.0 Å². The molecule has 76 valence electrons. The fraction of sp³-hybridized carbons (Fsp3) is 0.455. The minimum atomic E-state index is -0.198. The van der Waals surface area contributed by atoms with Gasteiger partial charge in [-0.1, -0.05) is 19.1 Å². The van der Waals surface area contributed by atoms with Crippen LogP contribution in [-0.2, 0) is 4.74 Å². The molecule has 2 atom stereocenters. The number of nitrogens with one attached hydrogen (secondary N) is 1. The lowest BCUT2D eigenvalue weighted by Crippen LogP contribution is -2.27. The number of halogens is 1. The second kappa shape index (κ2) is 3.58. The van der Waals surface area contributed by atoms with E-state index in [1.165, 1.54) is 6.07 Å². The van der Waals surface area contributed by atoms with Gasteiger partial charge in [-0.15, -0.1) is 0 Å². The van der Waals surface area contributed by atoms with Gasteiger partial charge in [-0.05, 0) is 6.07 Å². The van der Waals surface area contributed by atoms with Crippen molar-refractivity contribution in [3.8, 4) is 0 Å². The molecule has 0 bridgehead atoms. The Bertz CT molecular complexity index is 340. The van der Waals surface area contributed by atoms with Gasteiger partial charge in [0.15, 0.2) is 0 Å². The van der Waals surface area contributed by atoms with E-state index in [1.807, 2.05) is 6.07 Å². The summed E-state index contributed by atoms with van der Waals surface area (Å²) in [6, 6.07) is 5.10. The topological polar surface area (TPSA) is 21.3 Å². The van der Waals surface area contributed by atoms with Crippen LogP contribution in [0.3, 0.4) is 0 Å². The van der Waals surface area contributed by atoms with E-state index in [2.05, 4.69) is 12.2 Å². The highest BCUT2D eigenvalue weighted by Crippen LogP contribution is 2.36. The largest absolute Gasteiger partial charge is 0.382 e. The van der Waals surface area contributed by atoms with Gasteiger partial charge < -0.3 is 10.1 Å². The van der Waals surface area contributed by atoms with Gasteiger partial charge in [0.1, 0.15) is 5.82 Å². The zero-order valence-corrected chi connectivity index (χ0v) is 8.38.